The summed E-state index contributed by atoms with van der Waals surface area (Å²) in [5.74, 6) is -1.02. The van der Waals surface area contributed by atoms with Crippen LogP contribution < -0.4 is 4.74 Å². The third-order valence-electron chi connectivity index (χ3n) is 4.48. The summed E-state index contributed by atoms with van der Waals surface area (Å²) in [5, 5.41) is 1.77. The lowest BCUT2D eigenvalue weighted by Crippen LogP contribution is -2.48. The third kappa shape index (κ3) is 2.28. The highest BCUT2D eigenvalue weighted by molar-refractivity contribution is 6.14. The minimum Gasteiger partial charge on any atom is -0.496 e. The molecule has 0 saturated carbocycles. The van der Waals surface area contributed by atoms with E-state index in [0.29, 0.717) is 37.2 Å². The molecule has 118 valence electrons. The fourth-order valence-corrected chi connectivity index (χ4v) is 3.22. The topological polar surface area (TPSA) is 65.1 Å². The molecule has 1 unspecified atom stereocenters. The van der Waals surface area contributed by atoms with Gasteiger partial charge in [0.15, 0.2) is 11.4 Å². The smallest absolute Gasteiger partial charge is 0.322 e. The minimum atomic E-state index is -1.02. The molecule has 2 aliphatic rings. The highest BCUT2D eigenvalue weighted by atomic mass is 16.7. The molecule has 1 atom stereocenters. The van der Waals surface area contributed by atoms with Crippen LogP contribution in [0.5, 0.6) is 5.75 Å². The predicted molar refractivity (Wildman–Crippen MR) is 77.4 cm³/mol. The zero-order chi connectivity index (χ0) is 15.7. The van der Waals surface area contributed by atoms with Gasteiger partial charge in [-0.2, -0.15) is 5.06 Å². The number of methoxy groups -OCH3 is 1. The number of esters is 1. The van der Waals surface area contributed by atoms with Crippen LogP contribution in [0.15, 0.2) is 24.3 Å². The molecule has 3 rings (SSSR count). The Bertz CT molecular complexity index is 592. The van der Waals surface area contributed by atoms with Gasteiger partial charge in [0.1, 0.15) is 11.7 Å². The molecule has 0 N–H and O–H groups in total. The summed E-state index contributed by atoms with van der Waals surface area (Å²) in [6, 6.07) is 7.08. The number of Topliss-reactive ketones (excluding diaryl/α,β-unsaturated/α-hetero) is 1. The first-order valence-corrected chi connectivity index (χ1v) is 7.30. The van der Waals surface area contributed by atoms with Crippen molar-refractivity contribution in [2.45, 2.75) is 24.4 Å². The fraction of sp³-hybridized carbons (Fsp3) is 0.500. The number of ketones is 1. The van der Waals surface area contributed by atoms with Gasteiger partial charge in [-0.25, -0.2) is 0 Å². The lowest BCUT2D eigenvalue weighted by atomic mass is 9.82. The van der Waals surface area contributed by atoms with Gasteiger partial charge in [0.25, 0.3) is 0 Å². The van der Waals surface area contributed by atoms with Crippen molar-refractivity contribution in [1.29, 1.82) is 0 Å². The van der Waals surface area contributed by atoms with E-state index in [9.17, 15) is 9.59 Å². The SMILES string of the molecule is COc1ccccc1C1C(=O)OC2(CCN(OC)CC2)C1=O. The van der Waals surface area contributed by atoms with Crippen LogP contribution in [0.3, 0.4) is 0 Å². The first-order chi connectivity index (χ1) is 10.6. The van der Waals surface area contributed by atoms with Gasteiger partial charge < -0.3 is 14.3 Å². The molecule has 1 aromatic rings. The van der Waals surface area contributed by atoms with Crippen LogP contribution in [0, 0.1) is 0 Å². The number of rotatable bonds is 3. The maximum absolute atomic E-state index is 12.9. The zero-order valence-electron chi connectivity index (χ0n) is 12.7. The fourth-order valence-electron chi connectivity index (χ4n) is 3.22. The number of nitrogens with zero attached hydrogens (tertiary/aromatic N) is 1. The van der Waals surface area contributed by atoms with Crippen LogP contribution in [-0.2, 0) is 19.2 Å². The van der Waals surface area contributed by atoms with Crippen molar-refractivity contribution in [2.24, 2.45) is 0 Å². The molecule has 2 fully saturated rings. The Hall–Kier alpha value is -1.92. The largest absolute Gasteiger partial charge is 0.496 e. The summed E-state index contributed by atoms with van der Waals surface area (Å²) in [5.41, 5.74) is -0.441. The van der Waals surface area contributed by atoms with Gasteiger partial charge in [-0.3, -0.25) is 9.59 Å². The highest BCUT2D eigenvalue weighted by Gasteiger charge is 2.57. The summed E-state index contributed by atoms with van der Waals surface area (Å²) in [6.07, 6.45) is 0.911. The average Bonchev–Trinajstić information content (AvgIpc) is 2.78. The molecule has 0 aromatic heterocycles. The molecule has 22 heavy (non-hydrogen) atoms. The number of ether oxygens (including phenoxy) is 2. The third-order valence-corrected chi connectivity index (χ3v) is 4.48. The monoisotopic (exact) mass is 305 g/mol. The summed E-state index contributed by atoms with van der Waals surface area (Å²) in [6.45, 7) is 1.13. The Morgan fingerprint density at radius 3 is 2.50 bits per heavy atom. The van der Waals surface area contributed by atoms with Crippen LogP contribution in [0.4, 0.5) is 0 Å². The highest BCUT2D eigenvalue weighted by Crippen LogP contribution is 2.42. The molecule has 1 aromatic carbocycles. The number of hydrogen-bond acceptors (Lipinski definition) is 6. The van der Waals surface area contributed by atoms with E-state index in [0.717, 1.165) is 0 Å². The molecule has 0 amide bonds. The van der Waals surface area contributed by atoms with E-state index in [2.05, 4.69) is 0 Å². The number of benzene rings is 1. The second-order valence-corrected chi connectivity index (χ2v) is 5.57. The maximum atomic E-state index is 12.9. The van der Waals surface area contributed by atoms with Crippen molar-refractivity contribution in [2.75, 3.05) is 27.3 Å². The normalized spacial score (nSPS) is 24.5. The molecule has 1 spiro atoms. The van der Waals surface area contributed by atoms with Crippen LogP contribution in [0.1, 0.15) is 24.3 Å². The summed E-state index contributed by atoms with van der Waals surface area (Å²) < 4.78 is 10.8. The van der Waals surface area contributed by atoms with Crippen molar-refractivity contribution in [3.05, 3.63) is 29.8 Å². The van der Waals surface area contributed by atoms with Crippen LogP contribution >= 0.6 is 0 Å². The van der Waals surface area contributed by atoms with E-state index in [1.807, 2.05) is 0 Å². The van der Waals surface area contributed by atoms with E-state index in [-0.39, 0.29) is 5.78 Å². The summed E-state index contributed by atoms with van der Waals surface area (Å²) in [4.78, 5) is 30.4. The van der Waals surface area contributed by atoms with Crippen molar-refractivity contribution in [3.63, 3.8) is 0 Å². The molecule has 6 nitrogen and oxygen atoms in total. The summed E-state index contributed by atoms with van der Waals surface area (Å²) >= 11 is 0. The van der Waals surface area contributed by atoms with Crippen molar-refractivity contribution in [1.82, 2.24) is 5.06 Å². The van der Waals surface area contributed by atoms with Gasteiger partial charge in [0.05, 0.1) is 14.2 Å². The maximum Gasteiger partial charge on any atom is 0.322 e. The second-order valence-electron chi connectivity index (χ2n) is 5.57. The molecule has 0 bridgehead atoms. The van der Waals surface area contributed by atoms with Gasteiger partial charge in [0.2, 0.25) is 0 Å². The lowest BCUT2D eigenvalue weighted by molar-refractivity contribution is -0.184. The van der Waals surface area contributed by atoms with Crippen LogP contribution in [0.2, 0.25) is 0 Å². The number of hydrogen-bond donors (Lipinski definition) is 0. The van der Waals surface area contributed by atoms with Gasteiger partial charge in [0, 0.05) is 31.5 Å². The number of carbonyl (C=O) groups excluding carboxylic acids is 2. The van der Waals surface area contributed by atoms with Gasteiger partial charge >= 0.3 is 5.97 Å². The molecule has 2 saturated heterocycles. The predicted octanol–water partition coefficient (Wildman–Crippen LogP) is 1.30. The van der Waals surface area contributed by atoms with E-state index in [1.165, 1.54) is 7.11 Å². The van der Waals surface area contributed by atoms with Crippen molar-refractivity contribution in [3.8, 4) is 5.75 Å². The Balaban J connectivity index is 1.89. The molecule has 2 aliphatic heterocycles. The van der Waals surface area contributed by atoms with Crippen LogP contribution in [0.25, 0.3) is 0 Å². The van der Waals surface area contributed by atoms with Crippen molar-refractivity contribution < 1.29 is 23.9 Å². The second kappa shape index (κ2) is 5.70. The molecular formula is C16H19NO5. The molecular weight excluding hydrogens is 286 g/mol. The number of piperidine rings is 1. The van der Waals surface area contributed by atoms with E-state index < -0.39 is 17.5 Å². The number of para-hydroxylation sites is 1. The van der Waals surface area contributed by atoms with Gasteiger partial charge in [-0.05, 0) is 6.07 Å². The first-order valence-electron chi connectivity index (χ1n) is 7.30. The quantitative estimate of drug-likeness (QED) is 0.619. The van der Waals surface area contributed by atoms with Gasteiger partial charge in [-0.1, -0.05) is 18.2 Å². The number of carbonyl (C=O) groups is 2. The number of hydroxylamine groups is 2. The average molecular weight is 305 g/mol. The Labute approximate surface area is 128 Å². The standard InChI is InChI=1S/C16H19NO5/c1-20-12-6-4-3-5-11(12)13-14(18)16(22-15(13)19)7-9-17(21-2)10-8-16/h3-6,13H,7-10H2,1-2H3. The minimum absolute atomic E-state index is 0.169. The van der Waals surface area contributed by atoms with Crippen LogP contribution in [-0.4, -0.2) is 49.7 Å². The lowest BCUT2D eigenvalue weighted by Gasteiger charge is -2.35. The van der Waals surface area contributed by atoms with E-state index >= 15 is 0 Å². The molecule has 0 aliphatic carbocycles. The Morgan fingerprint density at radius 2 is 1.86 bits per heavy atom. The zero-order valence-corrected chi connectivity index (χ0v) is 12.7. The first kappa shape index (κ1) is 15.0. The molecule has 2 heterocycles. The Morgan fingerprint density at radius 1 is 1.18 bits per heavy atom. The van der Waals surface area contributed by atoms with E-state index in [1.54, 1.807) is 36.4 Å². The Kier molecular flexibility index (Phi) is 3.88. The van der Waals surface area contributed by atoms with Crippen molar-refractivity contribution >= 4 is 11.8 Å². The van der Waals surface area contributed by atoms with Gasteiger partial charge in [-0.15, -0.1) is 0 Å². The summed E-state index contributed by atoms with van der Waals surface area (Å²) in [7, 11) is 3.12. The molecule has 6 heteroatoms. The molecule has 0 radical (unpaired) electrons. The van der Waals surface area contributed by atoms with E-state index in [4.69, 9.17) is 14.3 Å².